The lowest BCUT2D eigenvalue weighted by molar-refractivity contribution is 0.253. The SMILES string of the molecule is NC(=O)N(N)c1nc(N(N)C(N)=O)c2c(OCc3ccccc3)cccc2n1. The van der Waals surface area contributed by atoms with Crippen LogP contribution in [0.1, 0.15) is 5.56 Å². The minimum atomic E-state index is -0.996. The molecule has 0 saturated carbocycles. The maximum Gasteiger partial charge on any atom is 0.336 e. The van der Waals surface area contributed by atoms with Crippen molar-refractivity contribution in [3.05, 3.63) is 54.1 Å². The molecule has 3 rings (SSSR count). The molecule has 11 nitrogen and oxygen atoms in total. The third-order valence-electron chi connectivity index (χ3n) is 3.81. The standard InChI is InChI=1S/C17H18N8O3/c18-15(26)24(20)14-13-11(22-17(23-14)25(21)16(19)27)7-4-8-12(13)28-9-10-5-2-1-3-6-10/h1-8H,9,20-21H2,(H2,18,26)(H2,19,27). The van der Waals surface area contributed by atoms with Crippen LogP contribution in [0.2, 0.25) is 0 Å². The summed E-state index contributed by atoms with van der Waals surface area (Å²) in [5.74, 6) is 11.4. The third kappa shape index (κ3) is 3.75. The van der Waals surface area contributed by atoms with Gasteiger partial charge in [-0.15, -0.1) is 0 Å². The largest absolute Gasteiger partial charge is 0.488 e. The van der Waals surface area contributed by atoms with Crippen molar-refractivity contribution < 1.29 is 14.3 Å². The van der Waals surface area contributed by atoms with E-state index in [1.165, 1.54) is 0 Å². The molecule has 1 aromatic heterocycles. The van der Waals surface area contributed by atoms with Gasteiger partial charge in [0.05, 0.1) is 10.9 Å². The van der Waals surface area contributed by atoms with Crippen LogP contribution in [-0.2, 0) is 6.61 Å². The highest BCUT2D eigenvalue weighted by Gasteiger charge is 2.22. The number of ether oxygens (including phenoxy) is 1. The average Bonchev–Trinajstić information content (AvgIpc) is 2.70. The van der Waals surface area contributed by atoms with Gasteiger partial charge in [0, 0.05) is 0 Å². The summed E-state index contributed by atoms with van der Waals surface area (Å²) in [4.78, 5) is 31.3. The third-order valence-corrected chi connectivity index (χ3v) is 3.81. The molecule has 0 spiro atoms. The zero-order valence-electron chi connectivity index (χ0n) is 14.6. The lowest BCUT2D eigenvalue weighted by atomic mass is 10.2. The number of anilines is 2. The number of aromatic nitrogens is 2. The molecular weight excluding hydrogens is 364 g/mol. The van der Waals surface area contributed by atoms with Crippen LogP contribution in [0.25, 0.3) is 10.9 Å². The first kappa shape index (κ1) is 18.8. The molecule has 144 valence electrons. The number of amides is 4. The van der Waals surface area contributed by atoms with Crippen molar-refractivity contribution in [1.82, 2.24) is 9.97 Å². The predicted octanol–water partition coefficient (Wildman–Crippen LogP) is 0.726. The van der Waals surface area contributed by atoms with E-state index >= 15 is 0 Å². The number of hydrogen-bond donors (Lipinski definition) is 4. The molecule has 0 unspecified atom stereocenters. The van der Waals surface area contributed by atoms with Gasteiger partial charge in [-0.3, -0.25) is 0 Å². The highest BCUT2D eigenvalue weighted by molar-refractivity contribution is 6.03. The Balaban J connectivity index is 2.12. The smallest absolute Gasteiger partial charge is 0.336 e. The molecule has 28 heavy (non-hydrogen) atoms. The summed E-state index contributed by atoms with van der Waals surface area (Å²) < 4.78 is 5.87. The Hall–Kier alpha value is -3.96. The van der Waals surface area contributed by atoms with Crippen molar-refractivity contribution in [2.45, 2.75) is 6.61 Å². The molecule has 0 aliphatic rings. The van der Waals surface area contributed by atoms with Gasteiger partial charge in [-0.2, -0.15) is 9.99 Å². The van der Waals surface area contributed by atoms with Crippen molar-refractivity contribution in [2.75, 3.05) is 10.0 Å². The van der Waals surface area contributed by atoms with Gasteiger partial charge < -0.3 is 16.2 Å². The fourth-order valence-corrected chi connectivity index (χ4v) is 2.46. The number of primary amides is 2. The van der Waals surface area contributed by atoms with E-state index in [0.29, 0.717) is 26.7 Å². The van der Waals surface area contributed by atoms with Crippen LogP contribution in [0, 0.1) is 0 Å². The number of nitrogens with zero attached hydrogens (tertiary/aromatic N) is 4. The number of carbonyl (C=O) groups is 2. The van der Waals surface area contributed by atoms with Crippen LogP contribution < -0.4 is 37.9 Å². The number of hydrazine groups is 2. The Morgan fingerprint density at radius 2 is 1.57 bits per heavy atom. The fourth-order valence-electron chi connectivity index (χ4n) is 2.46. The quantitative estimate of drug-likeness (QED) is 0.285. The van der Waals surface area contributed by atoms with Gasteiger partial charge in [0.1, 0.15) is 12.4 Å². The number of urea groups is 2. The maximum absolute atomic E-state index is 11.6. The zero-order valence-corrected chi connectivity index (χ0v) is 14.6. The van der Waals surface area contributed by atoms with Crippen molar-refractivity contribution in [3.8, 4) is 5.75 Å². The molecule has 0 saturated heterocycles. The molecule has 1 heterocycles. The van der Waals surface area contributed by atoms with E-state index in [-0.39, 0.29) is 18.4 Å². The Bertz CT molecular complexity index is 1030. The summed E-state index contributed by atoms with van der Waals surface area (Å²) >= 11 is 0. The molecule has 0 fully saturated rings. The van der Waals surface area contributed by atoms with Gasteiger partial charge in [-0.1, -0.05) is 36.4 Å². The minimum absolute atomic E-state index is 0.0899. The average molecular weight is 382 g/mol. The fraction of sp³-hybridized carbons (Fsp3) is 0.0588. The van der Waals surface area contributed by atoms with Gasteiger partial charge in [0.15, 0.2) is 5.82 Å². The topological polar surface area (TPSA) is 180 Å². The van der Waals surface area contributed by atoms with Crippen LogP contribution in [0.3, 0.4) is 0 Å². The molecule has 3 aromatic rings. The molecule has 2 aromatic carbocycles. The van der Waals surface area contributed by atoms with Crippen LogP contribution in [0.4, 0.5) is 21.4 Å². The number of carbonyl (C=O) groups excluding carboxylic acids is 2. The summed E-state index contributed by atoms with van der Waals surface area (Å²) in [5, 5.41) is 1.45. The van der Waals surface area contributed by atoms with E-state index in [0.717, 1.165) is 5.56 Å². The first-order valence-electron chi connectivity index (χ1n) is 8.04. The summed E-state index contributed by atoms with van der Waals surface area (Å²) in [5.41, 5.74) is 11.7. The molecular formula is C17H18N8O3. The summed E-state index contributed by atoms with van der Waals surface area (Å²) in [6, 6.07) is 12.5. The van der Waals surface area contributed by atoms with Crippen molar-refractivity contribution in [1.29, 1.82) is 0 Å². The Morgan fingerprint density at radius 1 is 0.893 bits per heavy atom. The number of fused-ring (bicyclic) bond motifs is 1. The normalized spacial score (nSPS) is 10.5. The summed E-state index contributed by atoms with van der Waals surface area (Å²) in [7, 11) is 0. The van der Waals surface area contributed by atoms with Crippen molar-refractivity contribution in [2.24, 2.45) is 23.2 Å². The zero-order chi connectivity index (χ0) is 20.3. The molecule has 0 bridgehead atoms. The van der Waals surface area contributed by atoms with Gasteiger partial charge in [0.25, 0.3) is 5.95 Å². The monoisotopic (exact) mass is 382 g/mol. The van der Waals surface area contributed by atoms with Gasteiger partial charge in [-0.25, -0.2) is 31.3 Å². The molecule has 0 aliphatic carbocycles. The Labute approximate surface area is 159 Å². The second-order valence-electron chi connectivity index (χ2n) is 5.69. The van der Waals surface area contributed by atoms with E-state index in [1.807, 2.05) is 30.3 Å². The summed E-state index contributed by atoms with van der Waals surface area (Å²) in [6.07, 6.45) is 0. The number of benzene rings is 2. The molecule has 0 atom stereocenters. The second kappa shape index (κ2) is 7.73. The highest BCUT2D eigenvalue weighted by atomic mass is 16.5. The van der Waals surface area contributed by atoms with Crippen LogP contribution in [0.5, 0.6) is 5.75 Å². The van der Waals surface area contributed by atoms with Crippen LogP contribution in [-0.4, -0.2) is 22.0 Å². The second-order valence-corrected chi connectivity index (χ2v) is 5.69. The number of nitrogens with two attached hydrogens (primary N) is 4. The number of hydrogen-bond acceptors (Lipinski definition) is 7. The Kier molecular flexibility index (Phi) is 5.20. The van der Waals surface area contributed by atoms with Crippen LogP contribution >= 0.6 is 0 Å². The highest BCUT2D eigenvalue weighted by Crippen LogP contribution is 2.33. The molecule has 4 amide bonds. The van der Waals surface area contributed by atoms with Crippen LogP contribution in [0.15, 0.2) is 48.5 Å². The van der Waals surface area contributed by atoms with Gasteiger partial charge in [-0.05, 0) is 17.7 Å². The molecule has 0 aliphatic heterocycles. The molecule has 11 heteroatoms. The summed E-state index contributed by atoms with van der Waals surface area (Å²) in [6.45, 7) is 0.257. The maximum atomic E-state index is 11.6. The minimum Gasteiger partial charge on any atom is -0.488 e. The lowest BCUT2D eigenvalue weighted by Gasteiger charge is -2.20. The molecule has 8 N–H and O–H groups in total. The van der Waals surface area contributed by atoms with E-state index < -0.39 is 12.1 Å². The van der Waals surface area contributed by atoms with E-state index in [4.69, 9.17) is 27.9 Å². The van der Waals surface area contributed by atoms with E-state index in [9.17, 15) is 9.59 Å². The number of rotatable bonds is 5. The van der Waals surface area contributed by atoms with E-state index in [1.54, 1.807) is 18.2 Å². The predicted molar refractivity (Wildman–Crippen MR) is 103 cm³/mol. The lowest BCUT2D eigenvalue weighted by Crippen LogP contribution is -2.45. The van der Waals surface area contributed by atoms with E-state index in [2.05, 4.69) is 9.97 Å². The van der Waals surface area contributed by atoms with Gasteiger partial charge >= 0.3 is 12.1 Å². The van der Waals surface area contributed by atoms with Crippen molar-refractivity contribution in [3.63, 3.8) is 0 Å². The molecule has 0 radical (unpaired) electrons. The van der Waals surface area contributed by atoms with Crippen molar-refractivity contribution >= 4 is 34.7 Å². The van der Waals surface area contributed by atoms with Gasteiger partial charge in [0.2, 0.25) is 0 Å². The first-order valence-corrected chi connectivity index (χ1v) is 8.04. The first-order chi connectivity index (χ1) is 13.4. The Morgan fingerprint density at radius 3 is 2.21 bits per heavy atom.